The zero-order valence-electron chi connectivity index (χ0n) is 10.7. The molecule has 0 aliphatic carbocycles. The standard InChI is InChI=1S/C14H19BrN2O/c1-9-7-8-16-13(9)14(18)17-10(2)11-3-5-12(15)6-4-11/h3-6,9-10,13,16H,7-8H2,1-2H3,(H,17,18)/t9?,10-,13?/m0/s1. The van der Waals surface area contributed by atoms with Crippen LogP contribution >= 0.6 is 15.9 Å². The van der Waals surface area contributed by atoms with Crippen LogP contribution in [0.1, 0.15) is 31.9 Å². The van der Waals surface area contributed by atoms with Gasteiger partial charge in [-0.25, -0.2) is 0 Å². The lowest BCUT2D eigenvalue weighted by atomic mass is 10.0. The van der Waals surface area contributed by atoms with E-state index in [-0.39, 0.29) is 18.0 Å². The maximum Gasteiger partial charge on any atom is 0.237 e. The molecule has 0 spiro atoms. The van der Waals surface area contributed by atoms with Crippen LogP contribution in [0.5, 0.6) is 0 Å². The van der Waals surface area contributed by atoms with Crippen LogP contribution in [-0.4, -0.2) is 18.5 Å². The predicted molar refractivity (Wildman–Crippen MR) is 76.3 cm³/mol. The summed E-state index contributed by atoms with van der Waals surface area (Å²) in [6.45, 7) is 5.07. The summed E-state index contributed by atoms with van der Waals surface area (Å²) >= 11 is 3.41. The highest BCUT2D eigenvalue weighted by Crippen LogP contribution is 2.19. The van der Waals surface area contributed by atoms with Crippen LogP contribution in [0.4, 0.5) is 0 Å². The van der Waals surface area contributed by atoms with Crippen LogP contribution in [0, 0.1) is 5.92 Å². The Morgan fingerprint density at radius 3 is 2.67 bits per heavy atom. The third-order valence-electron chi connectivity index (χ3n) is 3.54. The van der Waals surface area contributed by atoms with Gasteiger partial charge >= 0.3 is 0 Å². The topological polar surface area (TPSA) is 41.1 Å². The first kappa shape index (κ1) is 13.6. The smallest absolute Gasteiger partial charge is 0.237 e. The molecular formula is C14H19BrN2O. The first-order valence-electron chi connectivity index (χ1n) is 6.37. The Balaban J connectivity index is 1.96. The number of carbonyl (C=O) groups is 1. The number of benzene rings is 1. The molecule has 1 fully saturated rings. The van der Waals surface area contributed by atoms with E-state index in [0.717, 1.165) is 23.0 Å². The SMILES string of the molecule is CC1CCNC1C(=O)N[C@@H](C)c1ccc(Br)cc1. The van der Waals surface area contributed by atoms with Crippen LogP contribution in [-0.2, 0) is 4.79 Å². The largest absolute Gasteiger partial charge is 0.348 e. The van der Waals surface area contributed by atoms with Gasteiger partial charge in [0, 0.05) is 4.47 Å². The molecule has 98 valence electrons. The second-order valence-corrected chi connectivity index (χ2v) is 5.90. The maximum atomic E-state index is 12.1. The molecule has 1 amide bonds. The van der Waals surface area contributed by atoms with Gasteiger partial charge in [0.05, 0.1) is 12.1 Å². The van der Waals surface area contributed by atoms with Crippen LogP contribution in [0.3, 0.4) is 0 Å². The van der Waals surface area contributed by atoms with Crippen molar-refractivity contribution in [1.29, 1.82) is 0 Å². The van der Waals surface area contributed by atoms with Gasteiger partial charge in [-0.1, -0.05) is 35.0 Å². The first-order chi connectivity index (χ1) is 8.58. The number of halogens is 1. The first-order valence-corrected chi connectivity index (χ1v) is 7.16. The summed E-state index contributed by atoms with van der Waals surface area (Å²) in [5.41, 5.74) is 1.12. The molecule has 2 unspecified atom stereocenters. The van der Waals surface area contributed by atoms with Gasteiger partial charge < -0.3 is 10.6 Å². The number of hydrogen-bond acceptors (Lipinski definition) is 2. The van der Waals surface area contributed by atoms with Gasteiger partial charge in [-0.2, -0.15) is 0 Å². The number of hydrogen-bond donors (Lipinski definition) is 2. The average molecular weight is 311 g/mol. The molecular weight excluding hydrogens is 292 g/mol. The highest BCUT2D eigenvalue weighted by atomic mass is 79.9. The number of carbonyl (C=O) groups excluding carboxylic acids is 1. The molecule has 2 rings (SSSR count). The summed E-state index contributed by atoms with van der Waals surface area (Å²) < 4.78 is 1.05. The second kappa shape index (κ2) is 5.85. The van der Waals surface area contributed by atoms with E-state index in [4.69, 9.17) is 0 Å². The van der Waals surface area contributed by atoms with Gasteiger partial charge in [0.1, 0.15) is 0 Å². The fourth-order valence-electron chi connectivity index (χ4n) is 2.32. The zero-order chi connectivity index (χ0) is 13.1. The molecule has 0 bridgehead atoms. The minimum atomic E-state index is -0.0390. The molecule has 0 radical (unpaired) electrons. The third kappa shape index (κ3) is 3.12. The van der Waals surface area contributed by atoms with Crippen LogP contribution in [0.25, 0.3) is 0 Å². The van der Waals surface area contributed by atoms with Gasteiger partial charge in [-0.3, -0.25) is 4.79 Å². The van der Waals surface area contributed by atoms with Gasteiger partial charge in [-0.15, -0.1) is 0 Å². The van der Waals surface area contributed by atoms with E-state index in [0.29, 0.717) is 5.92 Å². The van der Waals surface area contributed by atoms with Crippen molar-refractivity contribution in [2.45, 2.75) is 32.4 Å². The Hall–Kier alpha value is -0.870. The minimum absolute atomic E-state index is 0.0390. The maximum absolute atomic E-state index is 12.1. The lowest BCUT2D eigenvalue weighted by Gasteiger charge is -2.20. The molecule has 1 aromatic rings. The highest BCUT2D eigenvalue weighted by Gasteiger charge is 2.29. The Morgan fingerprint density at radius 1 is 1.44 bits per heavy atom. The molecule has 18 heavy (non-hydrogen) atoms. The highest BCUT2D eigenvalue weighted by molar-refractivity contribution is 9.10. The van der Waals surface area contributed by atoms with Crippen molar-refractivity contribution in [2.24, 2.45) is 5.92 Å². The van der Waals surface area contributed by atoms with E-state index in [1.54, 1.807) is 0 Å². The molecule has 0 saturated carbocycles. The minimum Gasteiger partial charge on any atom is -0.348 e. The summed E-state index contributed by atoms with van der Waals surface area (Å²) in [6, 6.07) is 8.05. The second-order valence-electron chi connectivity index (χ2n) is 4.98. The Morgan fingerprint density at radius 2 is 2.11 bits per heavy atom. The number of rotatable bonds is 3. The van der Waals surface area contributed by atoms with E-state index in [1.165, 1.54) is 0 Å². The van der Waals surface area contributed by atoms with Gasteiger partial charge in [-0.05, 0) is 43.5 Å². The summed E-state index contributed by atoms with van der Waals surface area (Å²) in [7, 11) is 0. The molecule has 1 heterocycles. The molecule has 3 atom stereocenters. The quantitative estimate of drug-likeness (QED) is 0.901. The zero-order valence-corrected chi connectivity index (χ0v) is 12.3. The lowest BCUT2D eigenvalue weighted by Crippen LogP contribution is -2.44. The molecule has 2 N–H and O–H groups in total. The summed E-state index contributed by atoms with van der Waals surface area (Å²) in [5.74, 6) is 0.525. The Bertz CT molecular complexity index is 418. The molecule has 4 heteroatoms. The van der Waals surface area contributed by atoms with Crippen molar-refractivity contribution >= 4 is 21.8 Å². The number of amides is 1. The average Bonchev–Trinajstić information content (AvgIpc) is 2.76. The van der Waals surface area contributed by atoms with E-state index in [9.17, 15) is 4.79 Å². The van der Waals surface area contributed by atoms with Gasteiger partial charge in [0.15, 0.2) is 0 Å². The predicted octanol–water partition coefficient (Wildman–Crippen LogP) is 2.62. The van der Waals surface area contributed by atoms with Crippen molar-refractivity contribution in [2.75, 3.05) is 6.54 Å². The van der Waals surface area contributed by atoms with Gasteiger partial charge in [0.25, 0.3) is 0 Å². The fraction of sp³-hybridized carbons (Fsp3) is 0.500. The van der Waals surface area contributed by atoms with Crippen LogP contribution < -0.4 is 10.6 Å². The normalized spacial score (nSPS) is 24.8. The third-order valence-corrected chi connectivity index (χ3v) is 4.07. The molecule has 1 aliphatic rings. The van der Waals surface area contributed by atoms with Crippen molar-refractivity contribution < 1.29 is 4.79 Å². The fourth-order valence-corrected chi connectivity index (χ4v) is 2.59. The molecule has 0 aromatic heterocycles. The Kier molecular flexibility index (Phi) is 4.40. The van der Waals surface area contributed by atoms with Crippen molar-refractivity contribution in [3.05, 3.63) is 34.3 Å². The molecule has 1 saturated heterocycles. The molecule has 1 aromatic carbocycles. The lowest BCUT2D eigenvalue weighted by molar-refractivity contribution is -0.124. The van der Waals surface area contributed by atoms with Gasteiger partial charge in [0.2, 0.25) is 5.91 Å². The van der Waals surface area contributed by atoms with E-state index in [2.05, 4.69) is 33.5 Å². The Labute approximate surface area is 116 Å². The monoisotopic (exact) mass is 310 g/mol. The number of nitrogens with one attached hydrogen (secondary N) is 2. The summed E-state index contributed by atoms with van der Waals surface area (Å²) in [6.07, 6.45) is 1.07. The van der Waals surface area contributed by atoms with E-state index >= 15 is 0 Å². The summed E-state index contributed by atoms with van der Waals surface area (Å²) in [4.78, 5) is 12.1. The van der Waals surface area contributed by atoms with Crippen molar-refractivity contribution in [1.82, 2.24) is 10.6 Å². The summed E-state index contributed by atoms with van der Waals surface area (Å²) in [5, 5.41) is 6.32. The van der Waals surface area contributed by atoms with Crippen LogP contribution in [0.15, 0.2) is 28.7 Å². The van der Waals surface area contributed by atoms with E-state index in [1.807, 2.05) is 31.2 Å². The van der Waals surface area contributed by atoms with E-state index < -0.39 is 0 Å². The van der Waals surface area contributed by atoms with Crippen LogP contribution in [0.2, 0.25) is 0 Å². The molecule has 1 aliphatic heterocycles. The van der Waals surface area contributed by atoms with Crippen molar-refractivity contribution in [3.63, 3.8) is 0 Å². The molecule has 3 nitrogen and oxygen atoms in total. The van der Waals surface area contributed by atoms with Crippen molar-refractivity contribution in [3.8, 4) is 0 Å².